The molecule has 1 heterocycles. The monoisotopic (exact) mass is 306 g/mol. The average molecular weight is 306 g/mol. The standard InChI is InChI=1S/C17H26N2OS/c1-13(2)14(10-20-17(3,4)5)18-11-19-12-21-16-9-7-6-8-15(16)19/h6-9,11,13-14H,10,12H2,1-5H3/t14-/m0/s1. The smallest absolute Gasteiger partial charge is 0.0906 e. The van der Waals surface area contributed by atoms with Crippen molar-refractivity contribution in [3.63, 3.8) is 0 Å². The van der Waals surface area contributed by atoms with Crippen LogP contribution >= 0.6 is 11.8 Å². The predicted molar refractivity (Wildman–Crippen MR) is 92.5 cm³/mol. The molecule has 1 aromatic rings. The molecule has 0 unspecified atom stereocenters. The van der Waals surface area contributed by atoms with Crippen LogP contribution in [0.25, 0.3) is 0 Å². The van der Waals surface area contributed by atoms with E-state index in [1.54, 1.807) is 0 Å². The number of aliphatic imine (C=N–C) groups is 1. The maximum Gasteiger partial charge on any atom is 0.0906 e. The number of ether oxygens (including phenoxy) is 1. The molecule has 0 aromatic heterocycles. The lowest BCUT2D eigenvalue weighted by molar-refractivity contribution is -0.0144. The summed E-state index contributed by atoms with van der Waals surface area (Å²) >= 11 is 1.86. The Kier molecular flexibility index (Phi) is 5.33. The maximum absolute atomic E-state index is 5.90. The van der Waals surface area contributed by atoms with Crippen LogP contribution < -0.4 is 4.90 Å². The third-order valence-corrected chi connectivity index (χ3v) is 4.45. The topological polar surface area (TPSA) is 24.8 Å². The van der Waals surface area contributed by atoms with Gasteiger partial charge in [0.05, 0.1) is 36.2 Å². The van der Waals surface area contributed by atoms with Gasteiger partial charge in [0.15, 0.2) is 0 Å². The summed E-state index contributed by atoms with van der Waals surface area (Å²) < 4.78 is 5.90. The van der Waals surface area contributed by atoms with Crippen LogP contribution in [0.15, 0.2) is 34.2 Å². The first-order chi connectivity index (χ1) is 9.87. The van der Waals surface area contributed by atoms with E-state index >= 15 is 0 Å². The average Bonchev–Trinajstić information content (AvgIpc) is 2.80. The van der Waals surface area contributed by atoms with Gasteiger partial charge in [0.2, 0.25) is 0 Å². The summed E-state index contributed by atoms with van der Waals surface area (Å²) in [6.07, 6.45) is 1.98. The quantitative estimate of drug-likeness (QED) is 0.594. The van der Waals surface area contributed by atoms with Gasteiger partial charge in [0.1, 0.15) is 0 Å². The number of nitrogens with zero attached hydrogens (tertiary/aromatic N) is 2. The normalized spacial score (nSPS) is 16.8. The Morgan fingerprint density at radius 3 is 2.71 bits per heavy atom. The van der Waals surface area contributed by atoms with Crippen LogP contribution in [0.3, 0.4) is 0 Å². The van der Waals surface area contributed by atoms with Crippen molar-refractivity contribution in [2.45, 2.75) is 51.2 Å². The molecule has 0 N–H and O–H groups in total. The number of benzene rings is 1. The fourth-order valence-corrected chi connectivity index (χ4v) is 3.02. The van der Waals surface area contributed by atoms with E-state index in [4.69, 9.17) is 9.73 Å². The number of anilines is 1. The fourth-order valence-electron chi connectivity index (χ4n) is 2.03. The minimum Gasteiger partial charge on any atom is -0.374 e. The molecular weight excluding hydrogens is 280 g/mol. The number of hydrogen-bond acceptors (Lipinski definition) is 3. The van der Waals surface area contributed by atoms with Gasteiger partial charge in [-0.2, -0.15) is 0 Å². The molecule has 0 saturated carbocycles. The van der Waals surface area contributed by atoms with Crippen molar-refractivity contribution in [3.05, 3.63) is 24.3 Å². The third-order valence-electron chi connectivity index (χ3n) is 3.39. The Morgan fingerprint density at radius 2 is 2.05 bits per heavy atom. The lowest BCUT2D eigenvalue weighted by atomic mass is 10.1. The van der Waals surface area contributed by atoms with Gasteiger partial charge in [-0.3, -0.25) is 4.99 Å². The summed E-state index contributed by atoms with van der Waals surface area (Å²) in [5, 5.41) is 0. The number of fused-ring (bicyclic) bond motifs is 1. The van der Waals surface area contributed by atoms with Crippen molar-refractivity contribution < 1.29 is 4.74 Å². The van der Waals surface area contributed by atoms with Crippen LogP contribution in [-0.2, 0) is 4.74 Å². The third kappa shape index (κ3) is 4.75. The Balaban J connectivity index is 2.01. The molecule has 0 radical (unpaired) electrons. The van der Waals surface area contributed by atoms with Crippen molar-refractivity contribution in [2.75, 3.05) is 17.4 Å². The number of para-hydroxylation sites is 1. The highest BCUT2D eigenvalue weighted by atomic mass is 32.2. The predicted octanol–water partition coefficient (Wildman–Crippen LogP) is 4.42. The van der Waals surface area contributed by atoms with Crippen molar-refractivity contribution in [2.24, 2.45) is 10.9 Å². The number of rotatable bonds is 5. The highest BCUT2D eigenvalue weighted by molar-refractivity contribution is 8.00. The Bertz CT molecular complexity index is 494. The van der Waals surface area contributed by atoms with E-state index in [9.17, 15) is 0 Å². The Hall–Kier alpha value is -1.00. The molecule has 0 saturated heterocycles. The van der Waals surface area contributed by atoms with Gasteiger partial charge in [-0.15, -0.1) is 11.8 Å². The van der Waals surface area contributed by atoms with Gasteiger partial charge >= 0.3 is 0 Å². The van der Waals surface area contributed by atoms with Crippen molar-refractivity contribution in [1.29, 1.82) is 0 Å². The molecule has 0 spiro atoms. The van der Waals surface area contributed by atoms with Crippen LogP contribution in [0.1, 0.15) is 34.6 Å². The zero-order valence-corrected chi connectivity index (χ0v) is 14.5. The number of hydrogen-bond donors (Lipinski definition) is 0. The summed E-state index contributed by atoms with van der Waals surface area (Å²) in [6.45, 7) is 11.3. The van der Waals surface area contributed by atoms with Crippen molar-refractivity contribution in [1.82, 2.24) is 0 Å². The van der Waals surface area contributed by atoms with Crippen LogP contribution in [0.2, 0.25) is 0 Å². The fraction of sp³-hybridized carbons (Fsp3) is 0.588. The molecule has 21 heavy (non-hydrogen) atoms. The first-order valence-corrected chi connectivity index (χ1v) is 8.51. The molecule has 0 fully saturated rings. The maximum atomic E-state index is 5.90. The zero-order chi connectivity index (χ0) is 15.5. The second kappa shape index (κ2) is 6.84. The van der Waals surface area contributed by atoms with Gasteiger partial charge < -0.3 is 9.64 Å². The Morgan fingerprint density at radius 1 is 1.33 bits per heavy atom. The molecule has 1 aromatic carbocycles. The van der Waals surface area contributed by atoms with Gasteiger partial charge in [0.25, 0.3) is 0 Å². The second-order valence-corrected chi connectivity index (χ2v) is 7.70. The summed E-state index contributed by atoms with van der Waals surface area (Å²) in [7, 11) is 0. The molecule has 2 rings (SSSR count). The van der Waals surface area contributed by atoms with E-state index in [1.807, 2.05) is 18.1 Å². The van der Waals surface area contributed by atoms with Crippen LogP contribution in [0.5, 0.6) is 0 Å². The van der Waals surface area contributed by atoms with Crippen LogP contribution in [0.4, 0.5) is 5.69 Å². The highest BCUT2D eigenvalue weighted by Crippen LogP contribution is 2.37. The minimum absolute atomic E-state index is 0.112. The summed E-state index contributed by atoms with van der Waals surface area (Å²) in [5.74, 6) is 1.41. The summed E-state index contributed by atoms with van der Waals surface area (Å²) in [5.41, 5.74) is 1.14. The lowest BCUT2D eigenvalue weighted by Crippen LogP contribution is -2.29. The SMILES string of the molecule is CC(C)[C@H](COC(C)(C)C)N=CN1CSc2ccccc21. The lowest BCUT2D eigenvalue weighted by Gasteiger charge is -2.25. The molecule has 4 heteroatoms. The zero-order valence-electron chi connectivity index (χ0n) is 13.7. The van der Waals surface area contributed by atoms with Gasteiger partial charge in [-0.05, 0) is 38.8 Å². The Labute approximate surface area is 132 Å². The van der Waals surface area contributed by atoms with Crippen molar-refractivity contribution >= 4 is 23.8 Å². The van der Waals surface area contributed by atoms with Gasteiger partial charge in [-0.25, -0.2) is 0 Å². The molecular formula is C17H26N2OS. The van der Waals surface area contributed by atoms with E-state index in [0.29, 0.717) is 12.5 Å². The molecule has 116 valence electrons. The summed E-state index contributed by atoms with van der Waals surface area (Å²) in [4.78, 5) is 8.31. The molecule has 1 aliphatic rings. The second-order valence-electron chi connectivity index (χ2n) is 6.71. The minimum atomic E-state index is -0.112. The van der Waals surface area contributed by atoms with E-state index < -0.39 is 0 Å². The van der Waals surface area contributed by atoms with Crippen LogP contribution in [0, 0.1) is 5.92 Å². The molecule has 0 amide bonds. The largest absolute Gasteiger partial charge is 0.374 e. The van der Waals surface area contributed by atoms with Gasteiger partial charge in [0, 0.05) is 4.90 Å². The molecule has 0 bridgehead atoms. The van der Waals surface area contributed by atoms with Crippen LogP contribution in [-0.4, -0.2) is 30.5 Å². The molecule has 0 aliphatic carbocycles. The van der Waals surface area contributed by atoms with E-state index in [2.05, 4.69) is 63.8 Å². The molecule has 1 atom stereocenters. The molecule has 1 aliphatic heterocycles. The van der Waals surface area contributed by atoms with Gasteiger partial charge in [-0.1, -0.05) is 26.0 Å². The van der Waals surface area contributed by atoms with E-state index in [1.165, 1.54) is 10.6 Å². The van der Waals surface area contributed by atoms with E-state index in [-0.39, 0.29) is 11.6 Å². The van der Waals surface area contributed by atoms with Crippen molar-refractivity contribution in [3.8, 4) is 0 Å². The number of thioether (sulfide) groups is 1. The highest BCUT2D eigenvalue weighted by Gasteiger charge is 2.20. The first kappa shape index (κ1) is 16.4. The first-order valence-electron chi connectivity index (χ1n) is 7.52. The molecule has 3 nitrogen and oxygen atoms in total. The summed E-state index contributed by atoms with van der Waals surface area (Å²) in [6, 6.07) is 8.67. The van der Waals surface area contributed by atoms with E-state index in [0.717, 1.165) is 5.88 Å².